The van der Waals surface area contributed by atoms with E-state index in [0.29, 0.717) is 35.0 Å². The minimum atomic E-state index is -4.50. The van der Waals surface area contributed by atoms with Gasteiger partial charge in [-0.2, -0.15) is 18.4 Å². The second-order valence-corrected chi connectivity index (χ2v) is 9.44. The molecule has 8 nitrogen and oxygen atoms in total. The first-order valence-electron chi connectivity index (χ1n) is 11.6. The zero-order valence-corrected chi connectivity index (χ0v) is 21.7. The summed E-state index contributed by atoms with van der Waals surface area (Å²) in [4.78, 5) is 28.1. The quantitative estimate of drug-likeness (QED) is 0.214. The number of alkyl halides is 3. The van der Waals surface area contributed by atoms with Crippen LogP contribution in [0.25, 0.3) is 0 Å². The first kappa shape index (κ1) is 27.7. The average molecular weight is 554 g/mol. The predicted molar refractivity (Wildman–Crippen MR) is 138 cm³/mol. The largest absolute Gasteiger partial charge is 0.467 e. The molecule has 0 saturated heterocycles. The maximum absolute atomic E-state index is 13.0. The lowest BCUT2D eigenvalue weighted by atomic mass is 10.1. The summed E-state index contributed by atoms with van der Waals surface area (Å²) in [7, 11) is 1.47. The predicted octanol–water partition coefficient (Wildman–Crippen LogP) is 5.49. The van der Waals surface area contributed by atoms with E-state index in [-0.39, 0.29) is 28.6 Å². The number of methoxy groups -OCH3 is 1. The molecule has 200 valence electrons. The first-order valence-corrected chi connectivity index (χ1v) is 12.6. The number of nitrogens with zero attached hydrogens (tertiary/aromatic N) is 4. The molecule has 4 rings (SSSR count). The van der Waals surface area contributed by atoms with E-state index in [1.165, 1.54) is 31.0 Å². The Hall–Kier alpha value is -4.37. The molecule has 0 amide bonds. The van der Waals surface area contributed by atoms with Crippen LogP contribution in [-0.2, 0) is 19.0 Å². The third-order valence-electron chi connectivity index (χ3n) is 5.63. The molecule has 2 aromatic heterocycles. The minimum Gasteiger partial charge on any atom is -0.467 e. The zero-order valence-electron chi connectivity index (χ0n) is 20.9. The molecule has 0 saturated carbocycles. The van der Waals surface area contributed by atoms with Gasteiger partial charge in [0.1, 0.15) is 17.6 Å². The maximum Gasteiger partial charge on any atom is 0.416 e. The van der Waals surface area contributed by atoms with Crippen molar-refractivity contribution in [1.29, 1.82) is 5.26 Å². The summed E-state index contributed by atoms with van der Waals surface area (Å²) in [5.74, 6) is 0.706. The summed E-state index contributed by atoms with van der Waals surface area (Å²) in [5, 5.41) is 10.0. The van der Waals surface area contributed by atoms with Gasteiger partial charge in [0.25, 0.3) is 5.56 Å². The van der Waals surface area contributed by atoms with E-state index < -0.39 is 11.7 Å². The molecule has 0 aliphatic heterocycles. The number of hydrogen-bond donors (Lipinski definition) is 1. The van der Waals surface area contributed by atoms with Crippen molar-refractivity contribution >= 4 is 11.8 Å². The highest BCUT2D eigenvalue weighted by Crippen LogP contribution is 2.33. The van der Waals surface area contributed by atoms with E-state index in [9.17, 15) is 23.2 Å². The van der Waals surface area contributed by atoms with Crippen LogP contribution in [0, 0.1) is 18.3 Å². The highest BCUT2D eigenvalue weighted by atomic mass is 32.2. The zero-order chi connectivity index (χ0) is 28.0. The topological polar surface area (TPSA) is 114 Å². The van der Waals surface area contributed by atoms with Crippen LogP contribution in [0.2, 0.25) is 0 Å². The molecule has 4 aromatic rings. The molecule has 1 N–H and O–H groups in total. The summed E-state index contributed by atoms with van der Waals surface area (Å²) in [6.07, 6.45) is -0.425. The summed E-state index contributed by atoms with van der Waals surface area (Å²) >= 11 is 1.36. The van der Waals surface area contributed by atoms with Gasteiger partial charge in [0, 0.05) is 35.8 Å². The summed E-state index contributed by atoms with van der Waals surface area (Å²) in [6, 6.07) is 11.7. The van der Waals surface area contributed by atoms with Crippen molar-refractivity contribution in [3.8, 4) is 23.6 Å². The van der Waals surface area contributed by atoms with Crippen molar-refractivity contribution in [3.05, 3.63) is 98.7 Å². The monoisotopic (exact) mass is 553 g/mol. The second kappa shape index (κ2) is 12.0. The van der Waals surface area contributed by atoms with Gasteiger partial charge in [-0.05, 0) is 54.8 Å². The Morgan fingerprint density at radius 1 is 1.10 bits per heavy atom. The van der Waals surface area contributed by atoms with Gasteiger partial charge in [-0.3, -0.25) is 4.79 Å². The molecule has 2 aromatic carbocycles. The normalized spacial score (nSPS) is 11.2. The van der Waals surface area contributed by atoms with Crippen LogP contribution in [-0.4, -0.2) is 32.8 Å². The molecule has 0 unspecified atom stereocenters. The fourth-order valence-electron chi connectivity index (χ4n) is 3.64. The first-order chi connectivity index (χ1) is 18.7. The highest BCUT2D eigenvalue weighted by molar-refractivity contribution is 7.99. The Morgan fingerprint density at radius 3 is 2.54 bits per heavy atom. The molecule has 0 fully saturated rings. The number of aromatic nitrogens is 4. The van der Waals surface area contributed by atoms with Crippen molar-refractivity contribution in [3.63, 3.8) is 0 Å². The molecule has 12 heteroatoms. The number of nitriles is 1. The number of aromatic amines is 1. The number of nitrogens with one attached hydrogen (secondary N) is 1. The number of halogens is 3. The van der Waals surface area contributed by atoms with Crippen LogP contribution < -0.4 is 15.0 Å². The SMILES string of the molecule is COc1ncc(Cc2c(C)nc(SCCc3ccc(Oc4cccc(C(F)(F)F)c4)c(C#N)c3)[nH]c2=O)cn1. The standard InChI is InChI=1S/C27H22F3N5O3S/c1-16-22(11-18-14-32-25(37-2)33-15-18)24(36)35-26(34-16)39-9-8-17-6-7-23(19(10-17)13-31)38-21-5-3-4-20(12-21)27(28,29)30/h3-7,10,12,14-15H,8-9,11H2,1-2H3,(H,34,35,36). The number of ether oxygens (including phenoxy) is 2. The number of benzene rings is 2. The van der Waals surface area contributed by atoms with Gasteiger partial charge in [0.2, 0.25) is 0 Å². The van der Waals surface area contributed by atoms with E-state index in [1.807, 2.05) is 6.07 Å². The average Bonchev–Trinajstić information content (AvgIpc) is 2.91. The Morgan fingerprint density at radius 2 is 1.87 bits per heavy atom. The van der Waals surface area contributed by atoms with Crippen molar-refractivity contribution < 1.29 is 22.6 Å². The van der Waals surface area contributed by atoms with E-state index in [4.69, 9.17) is 9.47 Å². The molecule has 0 bridgehead atoms. The van der Waals surface area contributed by atoms with Crippen molar-refractivity contribution in [2.45, 2.75) is 31.1 Å². The number of thioether (sulfide) groups is 1. The van der Waals surface area contributed by atoms with Crippen molar-refractivity contribution in [2.24, 2.45) is 0 Å². The Bertz CT molecular complexity index is 1570. The lowest BCUT2D eigenvalue weighted by Crippen LogP contribution is -2.18. The Balaban J connectivity index is 1.39. The fourth-order valence-corrected chi connectivity index (χ4v) is 4.54. The van der Waals surface area contributed by atoms with Crippen molar-refractivity contribution in [2.75, 3.05) is 12.9 Å². The lowest BCUT2D eigenvalue weighted by Gasteiger charge is -2.12. The van der Waals surface area contributed by atoms with Crippen LogP contribution in [0.15, 0.2) is 64.8 Å². The molecule has 0 spiro atoms. The Labute approximate surface area is 225 Å². The third kappa shape index (κ3) is 7.14. The lowest BCUT2D eigenvalue weighted by molar-refractivity contribution is -0.137. The maximum atomic E-state index is 13.0. The summed E-state index contributed by atoms with van der Waals surface area (Å²) in [6.45, 7) is 1.77. The molecule has 2 heterocycles. The number of H-pyrrole nitrogens is 1. The number of aryl methyl sites for hydroxylation is 2. The summed E-state index contributed by atoms with van der Waals surface area (Å²) < 4.78 is 49.5. The second-order valence-electron chi connectivity index (χ2n) is 8.36. The van der Waals surface area contributed by atoms with Gasteiger partial charge in [0.05, 0.1) is 18.2 Å². The van der Waals surface area contributed by atoms with E-state index in [2.05, 4.69) is 19.9 Å². The van der Waals surface area contributed by atoms with Gasteiger partial charge >= 0.3 is 12.2 Å². The van der Waals surface area contributed by atoms with Gasteiger partial charge in [0.15, 0.2) is 5.16 Å². The molecule has 0 radical (unpaired) electrons. The van der Waals surface area contributed by atoms with Crippen LogP contribution in [0.1, 0.15) is 33.5 Å². The van der Waals surface area contributed by atoms with Gasteiger partial charge in [-0.25, -0.2) is 15.0 Å². The molecular weight excluding hydrogens is 531 g/mol. The Kier molecular flexibility index (Phi) is 8.51. The molecule has 0 aliphatic rings. The van der Waals surface area contributed by atoms with Crippen LogP contribution in [0.4, 0.5) is 13.2 Å². The third-order valence-corrected chi connectivity index (χ3v) is 6.50. The van der Waals surface area contributed by atoms with Gasteiger partial charge in [-0.15, -0.1) is 0 Å². The van der Waals surface area contributed by atoms with Crippen molar-refractivity contribution in [1.82, 2.24) is 19.9 Å². The molecule has 0 aliphatic carbocycles. The van der Waals surface area contributed by atoms with E-state index in [1.54, 1.807) is 37.5 Å². The smallest absolute Gasteiger partial charge is 0.416 e. The molecular formula is C27H22F3N5O3S. The summed E-state index contributed by atoms with van der Waals surface area (Å²) in [5.41, 5.74) is 1.80. The van der Waals surface area contributed by atoms with E-state index in [0.717, 1.165) is 23.3 Å². The minimum absolute atomic E-state index is 0.0157. The van der Waals surface area contributed by atoms with Crippen LogP contribution in [0.5, 0.6) is 17.5 Å². The highest BCUT2D eigenvalue weighted by Gasteiger charge is 2.30. The van der Waals surface area contributed by atoms with E-state index >= 15 is 0 Å². The fraction of sp³-hybridized carbons (Fsp3) is 0.222. The number of hydrogen-bond acceptors (Lipinski definition) is 8. The van der Waals surface area contributed by atoms with Gasteiger partial charge in [-0.1, -0.05) is 23.9 Å². The van der Waals surface area contributed by atoms with Crippen LogP contribution in [0.3, 0.4) is 0 Å². The molecule has 0 atom stereocenters. The molecule has 39 heavy (non-hydrogen) atoms. The van der Waals surface area contributed by atoms with Gasteiger partial charge < -0.3 is 14.5 Å². The number of rotatable bonds is 9. The van der Waals surface area contributed by atoms with Crippen LogP contribution >= 0.6 is 11.8 Å².